The van der Waals surface area contributed by atoms with E-state index in [2.05, 4.69) is 4.90 Å². The zero-order chi connectivity index (χ0) is 15.5. The van der Waals surface area contributed by atoms with E-state index in [0.29, 0.717) is 5.56 Å². The summed E-state index contributed by atoms with van der Waals surface area (Å²) in [5.41, 5.74) is 0.561. The van der Waals surface area contributed by atoms with E-state index >= 15 is 0 Å². The highest BCUT2D eigenvalue weighted by atomic mass is 16.6. The van der Waals surface area contributed by atoms with E-state index in [1.165, 1.54) is 25.0 Å². The van der Waals surface area contributed by atoms with Crippen LogP contribution in [0.1, 0.15) is 36.0 Å². The minimum absolute atomic E-state index is 0.00315. The number of nitro groups is 1. The number of likely N-dealkylation sites (tertiary alicyclic amines) is 2. The number of carbonyl (C=O) groups excluding carboxylic acids is 1. The van der Waals surface area contributed by atoms with Gasteiger partial charge in [0.25, 0.3) is 11.6 Å². The van der Waals surface area contributed by atoms with Crippen LogP contribution in [0.3, 0.4) is 0 Å². The van der Waals surface area contributed by atoms with E-state index in [0.717, 1.165) is 39.0 Å². The molecule has 0 saturated carbocycles. The summed E-state index contributed by atoms with van der Waals surface area (Å²) in [6.45, 7) is 4.01. The Balaban J connectivity index is 1.68. The fourth-order valence-electron chi connectivity index (χ4n) is 3.45. The van der Waals surface area contributed by atoms with Gasteiger partial charge in [-0.2, -0.15) is 0 Å². The predicted octanol–water partition coefficient (Wildman–Crippen LogP) is 2.30. The Bertz CT molecular complexity index is 552. The van der Waals surface area contributed by atoms with Crippen LogP contribution in [-0.2, 0) is 0 Å². The average molecular weight is 303 g/mol. The standard InChI is InChI=1S/C16H21N3O3/c20-16(13-5-7-14(8-6-13)19(21)22)18-11-3-4-15(18)12-17-9-1-2-10-17/h5-8,15H,1-4,9-12H2/t15-/m0/s1. The van der Waals surface area contributed by atoms with Crippen LogP contribution in [0.15, 0.2) is 24.3 Å². The van der Waals surface area contributed by atoms with Gasteiger partial charge in [0, 0.05) is 36.8 Å². The van der Waals surface area contributed by atoms with E-state index in [-0.39, 0.29) is 17.6 Å². The summed E-state index contributed by atoms with van der Waals surface area (Å²) in [5, 5.41) is 10.7. The number of benzene rings is 1. The van der Waals surface area contributed by atoms with Crippen LogP contribution < -0.4 is 0 Å². The smallest absolute Gasteiger partial charge is 0.269 e. The number of non-ortho nitro benzene ring substituents is 1. The van der Waals surface area contributed by atoms with Gasteiger partial charge in [-0.15, -0.1) is 0 Å². The van der Waals surface area contributed by atoms with E-state index in [4.69, 9.17) is 0 Å². The molecule has 3 rings (SSSR count). The summed E-state index contributed by atoms with van der Waals surface area (Å²) in [6.07, 6.45) is 4.60. The highest BCUT2D eigenvalue weighted by Gasteiger charge is 2.31. The first kappa shape index (κ1) is 15.0. The minimum atomic E-state index is -0.444. The second kappa shape index (κ2) is 6.44. The molecule has 118 valence electrons. The van der Waals surface area contributed by atoms with E-state index in [1.807, 2.05) is 4.90 Å². The van der Waals surface area contributed by atoms with Crippen molar-refractivity contribution in [2.45, 2.75) is 31.7 Å². The number of rotatable bonds is 4. The molecule has 2 heterocycles. The van der Waals surface area contributed by atoms with Crippen LogP contribution >= 0.6 is 0 Å². The lowest BCUT2D eigenvalue weighted by Crippen LogP contribution is -2.42. The van der Waals surface area contributed by atoms with Crippen molar-refractivity contribution in [3.8, 4) is 0 Å². The van der Waals surface area contributed by atoms with Crippen LogP contribution in [0, 0.1) is 10.1 Å². The molecule has 1 aromatic carbocycles. The Morgan fingerprint density at radius 3 is 2.45 bits per heavy atom. The number of amides is 1. The zero-order valence-electron chi connectivity index (χ0n) is 12.6. The summed E-state index contributed by atoms with van der Waals surface area (Å²) < 4.78 is 0. The number of nitrogens with zero attached hydrogens (tertiary/aromatic N) is 3. The normalized spacial score (nSPS) is 22.2. The highest BCUT2D eigenvalue weighted by molar-refractivity contribution is 5.94. The van der Waals surface area contributed by atoms with Crippen molar-refractivity contribution in [3.05, 3.63) is 39.9 Å². The number of hydrogen-bond acceptors (Lipinski definition) is 4. The molecule has 0 unspecified atom stereocenters. The molecule has 22 heavy (non-hydrogen) atoms. The molecular formula is C16H21N3O3. The Morgan fingerprint density at radius 2 is 1.82 bits per heavy atom. The molecule has 1 amide bonds. The Hall–Kier alpha value is -1.95. The van der Waals surface area contributed by atoms with Gasteiger partial charge < -0.3 is 9.80 Å². The van der Waals surface area contributed by atoms with Crippen molar-refractivity contribution in [2.75, 3.05) is 26.2 Å². The fraction of sp³-hybridized carbons (Fsp3) is 0.562. The largest absolute Gasteiger partial charge is 0.334 e. The van der Waals surface area contributed by atoms with Crippen molar-refractivity contribution in [1.82, 2.24) is 9.80 Å². The van der Waals surface area contributed by atoms with Crippen LogP contribution in [0.5, 0.6) is 0 Å². The lowest BCUT2D eigenvalue weighted by molar-refractivity contribution is -0.384. The number of hydrogen-bond donors (Lipinski definition) is 0. The van der Waals surface area contributed by atoms with Gasteiger partial charge in [0.05, 0.1) is 4.92 Å². The van der Waals surface area contributed by atoms with E-state index in [9.17, 15) is 14.9 Å². The van der Waals surface area contributed by atoms with Gasteiger partial charge in [0.15, 0.2) is 0 Å². The second-order valence-electron chi connectivity index (χ2n) is 6.11. The lowest BCUT2D eigenvalue weighted by Gasteiger charge is -2.28. The SMILES string of the molecule is O=C(c1ccc([N+](=O)[O-])cc1)N1CCC[C@H]1CN1CCCC1. The average Bonchev–Trinajstić information content (AvgIpc) is 3.19. The topological polar surface area (TPSA) is 66.7 Å². The van der Waals surface area contributed by atoms with Gasteiger partial charge in [0.1, 0.15) is 0 Å². The summed E-state index contributed by atoms with van der Waals surface area (Å²) in [4.78, 5) is 27.3. The Labute approximate surface area is 129 Å². The molecule has 0 aliphatic carbocycles. The maximum absolute atomic E-state index is 12.6. The van der Waals surface area contributed by atoms with Crippen molar-refractivity contribution in [3.63, 3.8) is 0 Å². The van der Waals surface area contributed by atoms with Gasteiger partial charge in [-0.25, -0.2) is 0 Å². The van der Waals surface area contributed by atoms with Crippen LogP contribution in [0.4, 0.5) is 5.69 Å². The van der Waals surface area contributed by atoms with Gasteiger partial charge in [-0.3, -0.25) is 14.9 Å². The third kappa shape index (κ3) is 3.11. The molecule has 2 fully saturated rings. The molecule has 6 nitrogen and oxygen atoms in total. The minimum Gasteiger partial charge on any atom is -0.334 e. The summed E-state index contributed by atoms with van der Waals surface area (Å²) in [6, 6.07) is 6.20. The Kier molecular flexibility index (Phi) is 4.38. The summed E-state index contributed by atoms with van der Waals surface area (Å²) in [7, 11) is 0. The first-order valence-electron chi connectivity index (χ1n) is 7.93. The highest BCUT2D eigenvalue weighted by Crippen LogP contribution is 2.23. The molecule has 1 atom stereocenters. The molecule has 2 aliphatic rings. The van der Waals surface area contributed by atoms with Crippen LogP contribution in [-0.4, -0.2) is 52.9 Å². The second-order valence-corrected chi connectivity index (χ2v) is 6.11. The predicted molar refractivity (Wildman–Crippen MR) is 82.8 cm³/mol. The van der Waals surface area contributed by atoms with Crippen molar-refractivity contribution in [2.24, 2.45) is 0 Å². The summed E-state index contributed by atoms with van der Waals surface area (Å²) >= 11 is 0. The molecular weight excluding hydrogens is 282 g/mol. The third-order valence-electron chi connectivity index (χ3n) is 4.63. The molecule has 2 aliphatic heterocycles. The molecule has 0 N–H and O–H groups in total. The van der Waals surface area contributed by atoms with Crippen molar-refractivity contribution < 1.29 is 9.72 Å². The van der Waals surface area contributed by atoms with E-state index in [1.54, 1.807) is 12.1 Å². The van der Waals surface area contributed by atoms with Crippen LogP contribution in [0.25, 0.3) is 0 Å². The first-order chi connectivity index (χ1) is 10.6. The third-order valence-corrected chi connectivity index (χ3v) is 4.63. The molecule has 0 spiro atoms. The fourth-order valence-corrected chi connectivity index (χ4v) is 3.45. The van der Waals surface area contributed by atoms with Gasteiger partial charge in [0.2, 0.25) is 0 Å². The van der Waals surface area contributed by atoms with Crippen molar-refractivity contribution in [1.29, 1.82) is 0 Å². The first-order valence-corrected chi connectivity index (χ1v) is 7.93. The maximum Gasteiger partial charge on any atom is 0.269 e. The zero-order valence-corrected chi connectivity index (χ0v) is 12.6. The Morgan fingerprint density at radius 1 is 1.14 bits per heavy atom. The summed E-state index contributed by atoms with van der Waals surface area (Å²) in [5.74, 6) is -0.00315. The van der Waals surface area contributed by atoms with Gasteiger partial charge >= 0.3 is 0 Å². The van der Waals surface area contributed by atoms with Gasteiger partial charge in [-0.05, 0) is 50.9 Å². The molecule has 1 aromatic rings. The molecule has 6 heteroatoms. The monoisotopic (exact) mass is 303 g/mol. The maximum atomic E-state index is 12.6. The van der Waals surface area contributed by atoms with Crippen LogP contribution in [0.2, 0.25) is 0 Å². The number of nitro benzene ring substituents is 1. The quantitative estimate of drug-likeness (QED) is 0.632. The molecule has 2 saturated heterocycles. The van der Waals surface area contributed by atoms with E-state index < -0.39 is 4.92 Å². The number of carbonyl (C=O) groups is 1. The molecule has 0 aromatic heterocycles. The molecule has 0 bridgehead atoms. The lowest BCUT2D eigenvalue weighted by atomic mass is 10.1. The van der Waals surface area contributed by atoms with Gasteiger partial charge in [-0.1, -0.05) is 0 Å². The molecule has 0 radical (unpaired) electrons. The van der Waals surface area contributed by atoms with Crippen molar-refractivity contribution >= 4 is 11.6 Å².